The molecule has 6 heteroatoms. The maximum Gasteiger partial charge on any atom is 0.224 e. The van der Waals surface area contributed by atoms with E-state index >= 15 is 0 Å². The Labute approximate surface area is 109 Å². The summed E-state index contributed by atoms with van der Waals surface area (Å²) < 4.78 is 27.2. The molecule has 0 saturated heterocycles. The molecule has 2 aromatic rings. The molecule has 1 aromatic heterocycles. The largest absolute Gasteiger partial charge is 0.354 e. The van der Waals surface area contributed by atoms with Crippen molar-refractivity contribution >= 4 is 17.5 Å². The lowest BCUT2D eigenvalue weighted by atomic mass is 10.2. The maximum atomic E-state index is 13.7. The number of hydrogen-bond donors (Lipinski definition) is 2. The number of benzene rings is 1. The third kappa shape index (κ3) is 3.15. The molecule has 0 atom stereocenters. The van der Waals surface area contributed by atoms with Crippen LogP contribution < -0.4 is 10.6 Å². The van der Waals surface area contributed by atoms with Gasteiger partial charge < -0.3 is 10.6 Å². The molecular formula is C13H14F2N4. The van der Waals surface area contributed by atoms with E-state index in [9.17, 15) is 8.78 Å². The van der Waals surface area contributed by atoms with Crippen LogP contribution in [0.25, 0.3) is 0 Å². The Bertz CT molecular complexity index is 587. The highest BCUT2D eigenvalue weighted by Crippen LogP contribution is 2.21. The Hall–Kier alpha value is -2.24. The summed E-state index contributed by atoms with van der Waals surface area (Å²) in [5, 5.41) is 5.49. The Kier molecular flexibility index (Phi) is 3.89. The number of anilines is 3. The SMILES string of the molecule is CCNc1ncc(F)c(Nc2ccc(C)cc2F)n1. The average Bonchev–Trinajstić information content (AvgIpc) is 2.37. The van der Waals surface area contributed by atoms with E-state index in [0.717, 1.165) is 11.8 Å². The second kappa shape index (κ2) is 5.60. The molecule has 19 heavy (non-hydrogen) atoms. The Balaban J connectivity index is 2.29. The van der Waals surface area contributed by atoms with Crippen LogP contribution in [0, 0.1) is 18.6 Å². The molecule has 0 unspecified atom stereocenters. The molecule has 100 valence electrons. The Morgan fingerprint density at radius 1 is 1.21 bits per heavy atom. The molecule has 0 aliphatic carbocycles. The number of aromatic nitrogens is 2. The van der Waals surface area contributed by atoms with Gasteiger partial charge in [-0.05, 0) is 31.5 Å². The van der Waals surface area contributed by atoms with Crippen LogP contribution in [0.4, 0.5) is 26.2 Å². The third-order valence-electron chi connectivity index (χ3n) is 2.46. The predicted octanol–water partition coefficient (Wildman–Crippen LogP) is 3.24. The lowest BCUT2D eigenvalue weighted by Gasteiger charge is -2.09. The normalized spacial score (nSPS) is 10.3. The second-order valence-corrected chi connectivity index (χ2v) is 4.03. The minimum absolute atomic E-state index is 0.0614. The quantitative estimate of drug-likeness (QED) is 0.890. The lowest BCUT2D eigenvalue weighted by Crippen LogP contribution is -2.06. The van der Waals surface area contributed by atoms with Gasteiger partial charge in [0.05, 0.1) is 11.9 Å². The van der Waals surface area contributed by atoms with Gasteiger partial charge >= 0.3 is 0 Å². The molecule has 1 aromatic carbocycles. The summed E-state index contributed by atoms with van der Waals surface area (Å²) in [6.45, 7) is 4.27. The minimum atomic E-state index is -0.637. The number of halogens is 2. The van der Waals surface area contributed by atoms with Crippen LogP contribution in [0.1, 0.15) is 12.5 Å². The first-order valence-electron chi connectivity index (χ1n) is 5.89. The fourth-order valence-electron chi connectivity index (χ4n) is 1.55. The topological polar surface area (TPSA) is 49.8 Å². The van der Waals surface area contributed by atoms with Crippen molar-refractivity contribution in [3.8, 4) is 0 Å². The van der Waals surface area contributed by atoms with E-state index in [1.54, 1.807) is 19.1 Å². The highest BCUT2D eigenvalue weighted by Gasteiger charge is 2.09. The summed E-state index contributed by atoms with van der Waals surface area (Å²) in [5.74, 6) is -0.864. The van der Waals surface area contributed by atoms with Crippen molar-refractivity contribution in [3.05, 3.63) is 41.6 Å². The third-order valence-corrected chi connectivity index (χ3v) is 2.46. The molecule has 2 rings (SSSR count). The number of hydrogen-bond acceptors (Lipinski definition) is 4. The van der Waals surface area contributed by atoms with Crippen LogP contribution in [0.15, 0.2) is 24.4 Å². The minimum Gasteiger partial charge on any atom is -0.354 e. The smallest absolute Gasteiger partial charge is 0.224 e. The van der Waals surface area contributed by atoms with Crippen molar-refractivity contribution in [1.29, 1.82) is 0 Å². The summed E-state index contributed by atoms with van der Waals surface area (Å²) in [6.07, 6.45) is 1.04. The summed E-state index contributed by atoms with van der Waals surface area (Å²) in [4.78, 5) is 7.72. The fraction of sp³-hybridized carbons (Fsp3) is 0.231. The first-order valence-corrected chi connectivity index (χ1v) is 5.89. The van der Waals surface area contributed by atoms with Crippen LogP contribution in [0.2, 0.25) is 0 Å². The monoisotopic (exact) mass is 264 g/mol. The molecule has 1 heterocycles. The summed E-state index contributed by atoms with van der Waals surface area (Å²) in [7, 11) is 0. The van der Waals surface area contributed by atoms with Gasteiger partial charge in [0, 0.05) is 6.54 Å². The first-order chi connectivity index (χ1) is 9.10. The molecule has 0 spiro atoms. The van der Waals surface area contributed by atoms with Crippen LogP contribution in [-0.4, -0.2) is 16.5 Å². The van der Waals surface area contributed by atoms with Gasteiger partial charge in [-0.2, -0.15) is 4.98 Å². The molecule has 0 bridgehead atoms. The molecule has 0 aliphatic heterocycles. The van der Waals surface area contributed by atoms with Crippen molar-refractivity contribution in [2.75, 3.05) is 17.2 Å². The van der Waals surface area contributed by atoms with Gasteiger partial charge in [-0.3, -0.25) is 0 Å². The predicted molar refractivity (Wildman–Crippen MR) is 70.6 cm³/mol. The molecule has 0 radical (unpaired) electrons. The maximum absolute atomic E-state index is 13.7. The molecule has 0 aliphatic rings. The summed E-state index contributed by atoms with van der Waals surface area (Å²) in [6, 6.07) is 4.64. The van der Waals surface area contributed by atoms with Gasteiger partial charge in [0.15, 0.2) is 11.6 Å². The first kappa shape index (κ1) is 13.2. The molecule has 2 N–H and O–H groups in total. The number of nitrogens with zero attached hydrogens (tertiary/aromatic N) is 2. The van der Waals surface area contributed by atoms with E-state index < -0.39 is 11.6 Å². The van der Waals surface area contributed by atoms with Crippen molar-refractivity contribution in [1.82, 2.24) is 9.97 Å². The van der Waals surface area contributed by atoms with Gasteiger partial charge in [0.1, 0.15) is 5.82 Å². The molecular weight excluding hydrogens is 250 g/mol. The van der Waals surface area contributed by atoms with E-state index in [1.165, 1.54) is 6.07 Å². The highest BCUT2D eigenvalue weighted by atomic mass is 19.1. The standard InChI is InChI=1S/C13H14F2N4/c1-3-16-13-17-7-10(15)12(19-13)18-11-5-4-8(2)6-9(11)14/h4-7H,3H2,1-2H3,(H2,16,17,18,19). The molecule has 4 nitrogen and oxygen atoms in total. The van der Waals surface area contributed by atoms with E-state index in [-0.39, 0.29) is 11.5 Å². The number of nitrogens with one attached hydrogen (secondary N) is 2. The number of rotatable bonds is 4. The molecule has 0 fully saturated rings. The second-order valence-electron chi connectivity index (χ2n) is 4.03. The van der Waals surface area contributed by atoms with Gasteiger partial charge in [-0.1, -0.05) is 6.07 Å². The van der Waals surface area contributed by atoms with Gasteiger partial charge in [0.2, 0.25) is 5.95 Å². The molecule has 0 amide bonds. The van der Waals surface area contributed by atoms with E-state index in [2.05, 4.69) is 20.6 Å². The van der Waals surface area contributed by atoms with E-state index in [1.807, 2.05) is 6.92 Å². The van der Waals surface area contributed by atoms with Crippen LogP contribution >= 0.6 is 0 Å². The van der Waals surface area contributed by atoms with Crippen molar-refractivity contribution in [2.45, 2.75) is 13.8 Å². The zero-order valence-corrected chi connectivity index (χ0v) is 10.7. The number of aryl methyl sites for hydroxylation is 1. The zero-order chi connectivity index (χ0) is 13.8. The van der Waals surface area contributed by atoms with Crippen LogP contribution in [-0.2, 0) is 0 Å². The Morgan fingerprint density at radius 3 is 2.68 bits per heavy atom. The van der Waals surface area contributed by atoms with E-state index in [0.29, 0.717) is 12.5 Å². The summed E-state index contributed by atoms with van der Waals surface area (Å²) >= 11 is 0. The molecule has 0 saturated carbocycles. The van der Waals surface area contributed by atoms with Crippen molar-refractivity contribution in [3.63, 3.8) is 0 Å². The van der Waals surface area contributed by atoms with Crippen molar-refractivity contribution in [2.24, 2.45) is 0 Å². The van der Waals surface area contributed by atoms with Gasteiger partial charge in [-0.25, -0.2) is 13.8 Å². The lowest BCUT2D eigenvalue weighted by molar-refractivity contribution is 0.616. The van der Waals surface area contributed by atoms with Crippen molar-refractivity contribution < 1.29 is 8.78 Å². The highest BCUT2D eigenvalue weighted by molar-refractivity contribution is 5.58. The fourth-order valence-corrected chi connectivity index (χ4v) is 1.55. The van der Waals surface area contributed by atoms with Gasteiger partial charge in [0.25, 0.3) is 0 Å². The van der Waals surface area contributed by atoms with E-state index in [4.69, 9.17) is 0 Å². The Morgan fingerprint density at radius 2 is 2.00 bits per heavy atom. The van der Waals surface area contributed by atoms with Gasteiger partial charge in [-0.15, -0.1) is 0 Å². The van der Waals surface area contributed by atoms with Crippen LogP contribution in [0.5, 0.6) is 0 Å². The average molecular weight is 264 g/mol. The zero-order valence-electron chi connectivity index (χ0n) is 10.7. The summed E-state index contributed by atoms with van der Waals surface area (Å²) in [5.41, 5.74) is 0.963. The van der Waals surface area contributed by atoms with Crippen LogP contribution in [0.3, 0.4) is 0 Å².